The van der Waals surface area contributed by atoms with E-state index in [1.54, 1.807) is 0 Å². The van der Waals surface area contributed by atoms with Crippen molar-refractivity contribution in [2.45, 2.75) is 39.8 Å². The summed E-state index contributed by atoms with van der Waals surface area (Å²) in [6.45, 7) is 7.67. The number of aryl methyl sites for hydroxylation is 1. The lowest BCUT2D eigenvalue weighted by Crippen LogP contribution is -2.41. The van der Waals surface area contributed by atoms with E-state index in [0.717, 1.165) is 35.7 Å². The van der Waals surface area contributed by atoms with Crippen molar-refractivity contribution in [1.29, 1.82) is 0 Å². The molecule has 0 aliphatic carbocycles. The lowest BCUT2D eigenvalue weighted by Gasteiger charge is -2.35. The predicted molar refractivity (Wildman–Crippen MR) is 106 cm³/mol. The molecule has 140 valence electrons. The van der Waals surface area contributed by atoms with Gasteiger partial charge in [-0.25, -0.2) is 4.68 Å². The summed E-state index contributed by atoms with van der Waals surface area (Å²) in [5.74, 6) is 0.150. The third kappa shape index (κ3) is 3.16. The first-order chi connectivity index (χ1) is 13.0. The number of benzene rings is 1. The van der Waals surface area contributed by atoms with Crippen LogP contribution in [0.5, 0.6) is 0 Å². The molecule has 0 saturated carbocycles. The average Bonchev–Trinajstić information content (AvgIpc) is 3.23. The molecule has 0 saturated heterocycles. The number of aromatic nitrogens is 3. The molecule has 5 nitrogen and oxygen atoms in total. The molecule has 6 heteroatoms. The summed E-state index contributed by atoms with van der Waals surface area (Å²) in [7, 11) is 0. The zero-order valence-electron chi connectivity index (χ0n) is 15.8. The van der Waals surface area contributed by atoms with Crippen LogP contribution in [0, 0.1) is 13.8 Å². The van der Waals surface area contributed by atoms with E-state index >= 15 is 0 Å². The highest BCUT2D eigenvalue weighted by Gasteiger charge is 2.28. The van der Waals surface area contributed by atoms with E-state index in [0.29, 0.717) is 11.4 Å². The van der Waals surface area contributed by atoms with Crippen LogP contribution in [0.3, 0.4) is 0 Å². The molecule has 0 N–H and O–H groups in total. The predicted octanol–water partition coefficient (Wildman–Crippen LogP) is 4.09. The van der Waals surface area contributed by atoms with Crippen LogP contribution in [0.2, 0.25) is 5.02 Å². The first-order valence-electron chi connectivity index (χ1n) is 9.21. The molecule has 0 fully saturated rings. The van der Waals surface area contributed by atoms with E-state index in [1.165, 1.54) is 5.69 Å². The Balaban J connectivity index is 1.58. The summed E-state index contributed by atoms with van der Waals surface area (Å²) in [6, 6.07) is 11.8. The molecule has 1 unspecified atom stereocenters. The third-order valence-corrected chi connectivity index (χ3v) is 5.75. The van der Waals surface area contributed by atoms with Gasteiger partial charge in [-0.05, 0) is 57.2 Å². The monoisotopic (exact) mass is 382 g/mol. The molecular weight excluding hydrogens is 360 g/mol. The van der Waals surface area contributed by atoms with Crippen LogP contribution >= 0.6 is 11.6 Å². The molecule has 4 rings (SSSR count). The Morgan fingerprint density at radius 3 is 2.67 bits per heavy atom. The van der Waals surface area contributed by atoms with Gasteiger partial charge in [-0.15, -0.1) is 0 Å². The Hall–Kier alpha value is -2.53. The van der Waals surface area contributed by atoms with Gasteiger partial charge in [0, 0.05) is 41.3 Å². The van der Waals surface area contributed by atoms with E-state index in [2.05, 4.69) is 28.9 Å². The highest BCUT2D eigenvalue weighted by atomic mass is 35.5. The average molecular weight is 383 g/mol. The molecule has 3 aromatic rings. The van der Waals surface area contributed by atoms with Crippen LogP contribution < -0.4 is 0 Å². The van der Waals surface area contributed by atoms with Crippen molar-refractivity contribution in [2.75, 3.05) is 6.54 Å². The summed E-state index contributed by atoms with van der Waals surface area (Å²) in [5, 5.41) is 5.35. The fourth-order valence-corrected chi connectivity index (χ4v) is 4.06. The Kier molecular flexibility index (Phi) is 4.56. The second-order valence-corrected chi connectivity index (χ2v) is 7.54. The number of halogens is 1. The molecule has 0 spiro atoms. The molecule has 1 aliphatic rings. The minimum Gasteiger partial charge on any atom is -0.348 e. The molecular formula is C21H23ClN4O. The zero-order chi connectivity index (χ0) is 19.1. The smallest absolute Gasteiger partial charge is 0.227 e. The van der Waals surface area contributed by atoms with Gasteiger partial charge in [-0.2, -0.15) is 5.10 Å². The van der Waals surface area contributed by atoms with Gasteiger partial charge < -0.3 is 9.47 Å². The Labute approximate surface area is 164 Å². The van der Waals surface area contributed by atoms with Gasteiger partial charge in [0.1, 0.15) is 0 Å². The number of hydrogen-bond acceptors (Lipinski definition) is 2. The highest BCUT2D eigenvalue weighted by molar-refractivity contribution is 6.30. The van der Waals surface area contributed by atoms with Crippen LogP contribution in [0.15, 0.2) is 42.6 Å². The Morgan fingerprint density at radius 1 is 1.19 bits per heavy atom. The van der Waals surface area contributed by atoms with Crippen molar-refractivity contribution in [3.05, 3.63) is 70.3 Å². The number of carbonyl (C=O) groups is 1. The lowest BCUT2D eigenvalue weighted by atomic mass is 10.1. The largest absolute Gasteiger partial charge is 0.348 e. The fraction of sp³-hybridized carbons (Fsp3) is 0.333. The molecule has 1 aliphatic heterocycles. The van der Waals surface area contributed by atoms with E-state index in [4.69, 9.17) is 11.6 Å². The number of fused-ring (bicyclic) bond motifs is 1. The third-order valence-electron chi connectivity index (χ3n) is 5.50. The Bertz CT molecular complexity index is 986. The van der Waals surface area contributed by atoms with Gasteiger partial charge in [0.25, 0.3) is 0 Å². The molecule has 0 bridgehead atoms. The van der Waals surface area contributed by atoms with Crippen LogP contribution in [-0.2, 0) is 17.8 Å². The fourth-order valence-electron chi connectivity index (χ4n) is 3.94. The summed E-state index contributed by atoms with van der Waals surface area (Å²) in [5.41, 5.74) is 5.03. The van der Waals surface area contributed by atoms with Crippen molar-refractivity contribution in [3.8, 4) is 5.69 Å². The van der Waals surface area contributed by atoms with Crippen molar-refractivity contribution >= 4 is 17.5 Å². The SMILES string of the molecule is Cc1nn(-c2ccc(Cl)cc2)c(C)c1CC(=O)N1CCn2cccc2C1C. The molecule has 2 aromatic heterocycles. The van der Waals surface area contributed by atoms with Gasteiger partial charge in [-0.1, -0.05) is 11.6 Å². The standard InChI is InChI=1S/C21H23ClN4O/c1-14-19(15(2)26(23-14)18-8-6-17(22)7-9-18)13-21(27)25-12-11-24-10-4-5-20(24)16(25)3/h4-10,16H,11-13H2,1-3H3. The number of carbonyl (C=O) groups excluding carboxylic acids is 1. The molecule has 0 radical (unpaired) electrons. The van der Waals surface area contributed by atoms with E-state index in [-0.39, 0.29) is 11.9 Å². The van der Waals surface area contributed by atoms with Crippen molar-refractivity contribution in [3.63, 3.8) is 0 Å². The van der Waals surface area contributed by atoms with E-state index in [1.807, 2.05) is 53.8 Å². The van der Waals surface area contributed by atoms with E-state index in [9.17, 15) is 4.79 Å². The summed E-state index contributed by atoms with van der Waals surface area (Å²) >= 11 is 5.99. The topological polar surface area (TPSA) is 43.1 Å². The second-order valence-electron chi connectivity index (χ2n) is 7.10. The van der Waals surface area contributed by atoms with Crippen LogP contribution in [0.4, 0.5) is 0 Å². The first kappa shape index (κ1) is 17.9. The maximum absolute atomic E-state index is 13.1. The number of amides is 1. The maximum Gasteiger partial charge on any atom is 0.227 e. The molecule has 1 atom stereocenters. The number of rotatable bonds is 3. The lowest BCUT2D eigenvalue weighted by molar-refractivity contribution is -0.133. The van der Waals surface area contributed by atoms with Gasteiger partial charge >= 0.3 is 0 Å². The summed E-state index contributed by atoms with van der Waals surface area (Å²) in [4.78, 5) is 15.0. The van der Waals surface area contributed by atoms with E-state index < -0.39 is 0 Å². The molecule has 27 heavy (non-hydrogen) atoms. The van der Waals surface area contributed by atoms with Gasteiger partial charge in [0.05, 0.1) is 23.8 Å². The van der Waals surface area contributed by atoms with Crippen molar-refractivity contribution in [1.82, 2.24) is 19.2 Å². The van der Waals surface area contributed by atoms with Crippen LogP contribution in [0.25, 0.3) is 5.69 Å². The van der Waals surface area contributed by atoms with Crippen LogP contribution in [0.1, 0.15) is 35.6 Å². The van der Waals surface area contributed by atoms with Gasteiger partial charge in [-0.3, -0.25) is 4.79 Å². The van der Waals surface area contributed by atoms with Crippen LogP contribution in [-0.4, -0.2) is 31.7 Å². The second kappa shape index (κ2) is 6.89. The minimum atomic E-state index is 0.0909. The number of nitrogens with zero attached hydrogens (tertiary/aromatic N) is 4. The molecule has 1 aromatic carbocycles. The maximum atomic E-state index is 13.1. The molecule has 1 amide bonds. The number of hydrogen-bond donors (Lipinski definition) is 0. The summed E-state index contributed by atoms with van der Waals surface area (Å²) < 4.78 is 4.11. The summed E-state index contributed by atoms with van der Waals surface area (Å²) in [6.07, 6.45) is 2.45. The Morgan fingerprint density at radius 2 is 1.93 bits per heavy atom. The quantitative estimate of drug-likeness (QED) is 0.684. The van der Waals surface area contributed by atoms with Crippen molar-refractivity contribution in [2.24, 2.45) is 0 Å². The first-order valence-corrected chi connectivity index (χ1v) is 9.59. The van der Waals surface area contributed by atoms with Gasteiger partial charge in [0.2, 0.25) is 5.91 Å². The molecule has 3 heterocycles. The van der Waals surface area contributed by atoms with Gasteiger partial charge in [0.15, 0.2) is 0 Å². The minimum absolute atomic E-state index is 0.0909. The highest BCUT2D eigenvalue weighted by Crippen LogP contribution is 2.27. The van der Waals surface area contributed by atoms with Crippen molar-refractivity contribution < 1.29 is 4.79 Å². The zero-order valence-corrected chi connectivity index (χ0v) is 16.6. The normalized spacial score (nSPS) is 16.4.